The Hall–Kier alpha value is -1.10. The predicted molar refractivity (Wildman–Crippen MR) is 74.4 cm³/mol. The molecule has 0 bridgehead atoms. The molecule has 2 rings (SSSR count). The molecule has 0 amide bonds. The van der Waals surface area contributed by atoms with Gasteiger partial charge in [0.15, 0.2) is 0 Å². The van der Waals surface area contributed by atoms with Crippen molar-refractivity contribution in [3.63, 3.8) is 0 Å². The van der Waals surface area contributed by atoms with Crippen LogP contribution in [0.25, 0.3) is 0 Å². The van der Waals surface area contributed by atoms with Crippen LogP contribution in [0.1, 0.15) is 25.3 Å². The first-order valence-corrected chi connectivity index (χ1v) is 6.77. The monoisotopic (exact) mass is 265 g/mol. The molecule has 0 aliphatic carbocycles. The van der Waals surface area contributed by atoms with Crippen LogP contribution in [-0.4, -0.2) is 37.6 Å². The van der Waals surface area contributed by atoms with Gasteiger partial charge in [-0.3, -0.25) is 0 Å². The van der Waals surface area contributed by atoms with Crippen molar-refractivity contribution in [2.24, 2.45) is 5.73 Å². The third-order valence-corrected chi connectivity index (χ3v) is 4.40. The zero-order valence-electron chi connectivity index (χ0n) is 11.7. The largest absolute Gasteiger partial charge is 0.493 e. The van der Waals surface area contributed by atoms with Crippen LogP contribution in [0, 0.1) is 0 Å². The SMILES string of the molecule is CCC(O)(COC)C1(CN)CCOc2ccccc21. The molecule has 0 fully saturated rings. The maximum Gasteiger partial charge on any atom is 0.123 e. The third kappa shape index (κ3) is 2.14. The third-order valence-electron chi connectivity index (χ3n) is 4.40. The minimum Gasteiger partial charge on any atom is -0.493 e. The van der Waals surface area contributed by atoms with Crippen LogP contribution in [0.3, 0.4) is 0 Å². The topological polar surface area (TPSA) is 64.7 Å². The maximum absolute atomic E-state index is 11.1. The van der Waals surface area contributed by atoms with E-state index in [2.05, 4.69) is 0 Å². The Balaban J connectivity index is 2.55. The number of nitrogens with two attached hydrogens (primary N) is 1. The van der Waals surface area contributed by atoms with E-state index in [0.717, 1.165) is 11.3 Å². The summed E-state index contributed by atoms with van der Waals surface area (Å²) in [5.74, 6) is 0.821. The molecule has 2 unspecified atom stereocenters. The first kappa shape index (κ1) is 14.3. The number of hydrogen-bond acceptors (Lipinski definition) is 4. The van der Waals surface area contributed by atoms with Gasteiger partial charge >= 0.3 is 0 Å². The van der Waals surface area contributed by atoms with Crippen molar-refractivity contribution in [2.45, 2.75) is 30.8 Å². The zero-order valence-corrected chi connectivity index (χ0v) is 11.7. The lowest BCUT2D eigenvalue weighted by Gasteiger charge is -2.49. The highest BCUT2D eigenvalue weighted by molar-refractivity contribution is 5.44. The van der Waals surface area contributed by atoms with Gasteiger partial charge in [-0.25, -0.2) is 0 Å². The van der Waals surface area contributed by atoms with Gasteiger partial charge in [0, 0.05) is 24.6 Å². The van der Waals surface area contributed by atoms with E-state index in [1.54, 1.807) is 7.11 Å². The molecule has 106 valence electrons. The van der Waals surface area contributed by atoms with Crippen LogP contribution in [0.4, 0.5) is 0 Å². The van der Waals surface area contributed by atoms with E-state index in [4.69, 9.17) is 15.2 Å². The van der Waals surface area contributed by atoms with Crippen LogP contribution in [-0.2, 0) is 10.2 Å². The lowest BCUT2D eigenvalue weighted by Crippen LogP contribution is -2.60. The van der Waals surface area contributed by atoms with Gasteiger partial charge in [-0.15, -0.1) is 0 Å². The molecule has 19 heavy (non-hydrogen) atoms. The van der Waals surface area contributed by atoms with Crippen molar-refractivity contribution in [3.8, 4) is 5.75 Å². The second-order valence-electron chi connectivity index (χ2n) is 5.20. The Morgan fingerprint density at radius 2 is 2.21 bits per heavy atom. The summed E-state index contributed by atoms with van der Waals surface area (Å²) in [7, 11) is 1.61. The van der Waals surface area contributed by atoms with Crippen molar-refractivity contribution >= 4 is 0 Å². The lowest BCUT2D eigenvalue weighted by molar-refractivity contribution is -0.101. The number of fused-ring (bicyclic) bond motifs is 1. The van der Waals surface area contributed by atoms with E-state index in [0.29, 0.717) is 26.0 Å². The summed E-state index contributed by atoms with van der Waals surface area (Å²) in [6, 6.07) is 7.83. The van der Waals surface area contributed by atoms with Crippen LogP contribution in [0.2, 0.25) is 0 Å². The highest BCUT2D eigenvalue weighted by Crippen LogP contribution is 2.46. The fraction of sp³-hybridized carbons (Fsp3) is 0.600. The van der Waals surface area contributed by atoms with E-state index in [-0.39, 0.29) is 6.61 Å². The number of para-hydroxylation sites is 1. The van der Waals surface area contributed by atoms with E-state index in [1.807, 2.05) is 31.2 Å². The zero-order chi connectivity index (χ0) is 13.9. The molecule has 0 saturated heterocycles. The average molecular weight is 265 g/mol. The number of aliphatic hydroxyl groups is 1. The summed E-state index contributed by atoms with van der Waals surface area (Å²) in [5.41, 5.74) is 5.58. The summed E-state index contributed by atoms with van der Waals surface area (Å²) in [6.45, 7) is 3.19. The molecule has 3 N–H and O–H groups in total. The van der Waals surface area contributed by atoms with Gasteiger partial charge in [0.1, 0.15) is 5.75 Å². The van der Waals surface area contributed by atoms with Gasteiger partial charge in [0.05, 0.1) is 18.8 Å². The minimum atomic E-state index is -0.976. The molecule has 4 heteroatoms. The van der Waals surface area contributed by atoms with Gasteiger partial charge in [-0.2, -0.15) is 0 Å². The van der Waals surface area contributed by atoms with Crippen LogP contribution >= 0.6 is 0 Å². The van der Waals surface area contributed by atoms with Crippen molar-refractivity contribution in [1.82, 2.24) is 0 Å². The summed E-state index contributed by atoms with van der Waals surface area (Å²) in [4.78, 5) is 0. The molecule has 0 spiro atoms. The summed E-state index contributed by atoms with van der Waals surface area (Å²) in [5, 5.41) is 11.1. The Kier molecular flexibility index (Phi) is 4.13. The Bertz CT molecular complexity index is 437. The van der Waals surface area contributed by atoms with Gasteiger partial charge in [-0.05, 0) is 18.9 Å². The van der Waals surface area contributed by atoms with Gasteiger partial charge in [0.2, 0.25) is 0 Å². The second kappa shape index (κ2) is 5.49. The molecule has 1 aromatic carbocycles. The van der Waals surface area contributed by atoms with E-state index < -0.39 is 11.0 Å². The van der Waals surface area contributed by atoms with E-state index in [9.17, 15) is 5.11 Å². The Labute approximate surface area is 114 Å². The number of ether oxygens (including phenoxy) is 2. The van der Waals surface area contributed by atoms with Gasteiger partial charge in [0.25, 0.3) is 0 Å². The molecule has 1 aliphatic rings. The summed E-state index contributed by atoms with van der Waals surface area (Å²) in [6.07, 6.45) is 1.29. The highest BCUT2D eigenvalue weighted by atomic mass is 16.5. The van der Waals surface area contributed by atoms with Crippen LogP contribution in [0.15, 0.2) is 24.3 Å². The molecule has 1 heterocycles. The summed E-state index contributed by atoms with van der Waals surface area (Å²) >= 11 is 0. The standard InChI is InChI=1S/C15H23NO3/c1-3-15(17,11-18-2)14(10-16)8-9-19-13-7-5-4-6-12(13)14/h4-7,17H,3,8-11,16H2,1-2H3. The molecule has 0 radical (unpaired) electrons. The van der Waals surface area contributed by atoms with Crippen molar-refractivity contribution in [1.29, 1.82) is 0 Å². The number of hydrogen-bond donors (Lipinski definition) is 2. The number of benzene rings is 1. The first-order valence-electron chi connectivity index (χ1n) is 6.77. The number of rotatable bonds is 5. The molecule has 2 atom stereocenters. The minimum absolute atomic E-state index is 0.273. The molecule has 4 nitrogen and oxygen atoms in total. The lowest BCUT2D eigenvalue weighted by atomic mass is 9.63. The van der Waals surface area contributed by atoms with Crippen molar-refractivity contribution in [2.75, 3.05) is 26.9 Å². The maximum atomic E-state index is 11.1. The average Bonchev–Trinajstić information content (AvgIpc) is 2.46. The Morgan fingerprint density at radius 3 is 2.84 bits per heavy atom. The van der Waals surface area contributed by atoms with Gasteiger partial charge < -0.3 is 20.3 Å². The van der Waals surface area contributed by atoms with E-state index >= 15 is 0 Å². The van der Waals surface area contributed by atoms with Crippen molar-refractivity contribution < 1.29 is 14.6 Å². The molecule has 1 aromatic rings. The highest BCUT2D eigenvalue weighted by Gasteiger charge is 2.52. The predicted octanol–water partition coefficient (Wildman–Crippen LogP) is 1.45. The van der Waals surface area contributed by atoms with Crippen LogP contribution in [0.5, 0.6) is 5.75 Å². The smallest absolute Gasteiger partial charge is 0.123 e. The second-order valence-corrected chi connectivity index (χ2v) is 5.20. The van der Waals surface area contributed by atoms with E-state index in [1.165, 1.54) is 0 Å². The summed E-state index contributed by atoms with van der Waals surface area (Å²) < 4.78 is 10.9. The molecular weight excluding hydrogens is 242 g/mol. The van der Waals surface area contributed by atoms with Gasteiger partial charge in [-0.1, -0.05) is 25.1 Å². The normalized spacial score (nSPS) is 25.3. The molecule has 1 aliphatic heterocycles. The van der Waals surface area contributed by atoms with Crippen LogP contribution < -0.4 is 10.5 Å². The molecule has 0 aromatic heterocycles. The fourth-order valence-corrected chi connectivity index (χ4v) is 3.16. The Morgan fingerprint density at radius 1 is 1.47 bits per heavy atom. The first-order chi connectivity index (χ1) is 9.13. The van der Waals surface area contributed by atoms with Crippen molar-refractivity contribution in [3.05, 3.63) is 29.8 Å². The molecule has 0 saturated carbocycles. The molecular formula is C15H23NO3. The number of methoxy groups -OCH3 is 1. The quantitative estimate of drug-likeness (QED) is 0.846. The fourth-order valence-electron chi connectivity index (χ4n) is 3.16.